The SMILES string of the molecule is OCCOc1ccccc1OCc1ccc(Cl)nc1. The Morgan fingerprint density at radius 2 is 1.79 bits per heavy atom. The molecule has 1 heterocycles. The second-order valence-corrected chi connectivity index (χ2v) is 4.18. The summed E-state index contributed by atoms with van der Waals surface area (Å²) in [4.78, 5) is 3.98. The van der Waals surface area contributed by atoms with E-state index in [0.717, 1.165) is 5.56 Å². The molecule has 0 aliphatic carbocycles. The van der Waals surface area contributed by atoms with Crippen molar-refractivity contribution in [2.24, 2.45) is 0 Å². The number of benzene rings is 1. The summed E-state index contributed by atoms with van der Waals surface area (Å²) in [5.74, 6) is 1.24. The van der Waals surface area contributed by atoms with Crippen LogP contribution in [0.2, 0.25) is 5.15 Å². The van der Waals surface area contributed by atoms with Gasteiger partial charge in [-0.05, 0) is 18.2 Å². The summed E-state index contributed by atoms with van der Waals surface area (Å²) >= 11 is 5.72. The Kier molecular flexibility index (Phi) is 5.01. The third-order valence-corrected chi connectivity index (χ3v) is 2.60. The minimum Gasteiger partial charge on any atom is -0.487 e. The summed E-state index contributed by atoms with van der Waals surface area (Å²) in [5, 5.41) is 9.22. The van der Waals surface area contributed by atoms with Crippen molar-refractivity contribution in [3.63, 3.8) is 0 Å². The molecule has 100 valence electrons. The quantitative estimate of drug-likeness (QED) is 0.826. The molecule has 5 heteroatoms. The summed E-state index contributed by atoms with van der Waals surface area (Å²) in [6.45, 7) is 0.585. The van der Waals surface area contributed by atoms with Gasteiger partial charge in [-0.1, -0.05) is 29.8 Å². The van der Waals surface area contributed by atoms with E-state index in [4.69, 9.17) is 26.2 Å². The van der Waals surface area contributed by atoms with Gasteiger partial charge in [-0.3, -0.25) is 0 Å². The normalized spacial score (nSPS) is 10.2. The number of aliphatic hydroxyl groups is 1. The van der Waals surface area contributed by atoms with Crippen LogP contribution in [-0.2, 0) is 6.61 Å². The van der Waals surface area contributed by atoms with E-state index in [9.17, 15) is 0 Å². The third-order valence-electron chi connectivity index (χ3n) is 2.38. The average Bonchev–Trinajstić information content (AvgIpc) is 2.45. The Bertz CT molecular complexity index is 516. The zero-order chi connectivity index (χ0) is 13.5. The first-order chi connectivity index (χ1) is 9.29. The Labute approximate surface area is 116 Å². The van der Waals surface area contributed by atoms with Gasteiger partial charge in [0.05, 0.1) is 6.61 Å². The summed E-state index contributed by atoms with van der Waals surface area (Å²) in [6, 6.07) is 10.9. The largest absolute Gasteiger partial charge is 0.487 e. The highest BCUT2D eigenvalue weighted by Gasteiger charge is 2.04. The van der Waals surface area contributed by atoms with Crippen LogP contribution in [0.3, 0.4) is 0 Å². The lowest BCUT2D eigenvalue weighted by Gasteiger charge is -2.11. The molecule has 0 aliphatic rings. The van der Waals surface area contributed by atoms with Crippen molar-refractivity contribution in [1.82, 2.24) is 4.98 Å². The molecule has 0 saturated carbocycles. The molecule has 2 aromatic rings. The van der Waals surface area contributed by atoms with Crippen molar-refractivity contribution in [3.8, 4) is 11.5 Å². The zero-order valence-electron chi connectivity index (χ0n) is 10.3. The number of hydrogen-bond donors (Lipinski definition) is 1. The fourth-order valence-electron chi connectivity index (χ4n) is 1.50. The highest BCUT2D eigenvalue weighted by atomic mass is 35.5. The van der Waals surface area contributed by atoms with Crippen LogP contribution in [0.4, 0.5) is 0 Å². The fraction of sp³-hybridized carbons (Fsp3) is 0.214. The molecule has 0 saturated heterocycles. The maximum atomic E-state index is 8.77. The second-order valence-electron chi connectivity index (χ2n) is 3.80. The van der Waals surface area contributed by atoms with Crippen molar-refractivity contribution < 1.29 is 14.6 Å². The molecule has 1 aromatic heterocycles. The van der Waals surface area contributed by atoms with Crippen LogP contribution in [0.25, 0.3) is 0 Å². The van der Waals surface area contributed by atoms with Crippen molar-refractivity contribution >= 4 is 11.6 Å². The summed E-state index contributed by atoms with van der Waals surface area (Å²) in [7, 11) is 0. The molecule has 4 nitrogen and oxygen atoms in total. The monoisotopic (exact) mass is 279 g/mol. The van der Waals surface area contributed by atoms with Crippen LogP contribution in [0.1, 0.15) is 5.56 Å². The van der Waals surface area contributed by atoms with Crippen molar-refractivity contribution in [3.05, 3.63) is 53.3 Å². The van der Waals surface area contributed by atoms with Crippen LogP contribution in [0.5, 0.6) is 11.5 Å². The topological polar surface area (TPSA) is 51.6 Å². The molecule has 1 aromatic carbocycles. The number of hydrogen-bond acceptors (Lipinski definition) is 4. The predicted molar refractivity (Wildman–Crippen MR) is 72.6 cm³/mol. The molecule has 1 N–H and O–H groups in total. The summed E-state index contributed by atoms with van der Waals surface area (Å²) in [5.41, 5.74) is 0.918. The number of ether oxygens (including phenoxy) is 2. The fourth-order valence-corrected chi connectivity index (χ4v) is 1.61. The van der Waals surface area contributed by atoms with Gasteiger partial charge >= 0.3 is 0 Å². The Hall–Kier alpha value is -1.78. The Morgan fingerprint density at radius 1 is 1.05 bits per heavy atom. The molecule has 0 bridgehead atoms. The van der Waals surface area contributed by atoms with Crippen molar-refractivity contribution in [1.29, 1.82) is 0 Å². The van der Waals surface area contributed by atoms with Gasteiger partial charge in [0.15, 0.2) is 11.5 Å². The van der Waals surface area contributed by atoms with Crippen LogP contribution >= 0.6 is 11.6 Å². The Balaban J connectivity index is 2.00. The summed E-state index contributed by atoms with van der Waals surface area (Å²) < 4.78 is 11.1. The molecular weight excluding hydrogens is 266 g/mol. The average molecular weight is 280 g/mol. The molecule has 0 amide bonds. The number of nitrogens with zero attached hydrogens (tertiary/aromatic N) is 1. The highest BCUT2D eigenvalue weighted by molar-refractivity contribution is 6.29. The third kappa shape index (κ3) is 4.12. The molecule has 2 rings (SSSR count). The van der Waals surface area contributed by atoms with Gasteiger partial charge in [-0.25, -0.2) is 4.98 Å². The van der Waals surface area contributed by atoms with Crippen LogP contribution in [0, 0.1) is 0 Å². The van der Waals surface area contributed by atoms with Crippen LogP contribution in [-0.4, -0.2) is 23.3 Å². The van der Waals surface area contributed by atoms with E-state index in [0.29, 0.717) is 23.3 Å². The number of aromatic nitrogens is 1. The van der Waals surface area contributed by atoms with Crippen LogP contribution < -0.4 is 9.47 Å². The van der Waals surface area contributed by atoms with E-state index >= 15 is 0 Å². The van der Waals surface area contributed by atoms with Gasteiger partial charge in [-0.15, -0.1) is 0 Å². The van der Waals surface area contributed by atoms with E-state index in [1.807, 2.05) is 24.3 Å². The molecule has 0 unspecified atom stereocenters. The van der Waals surface area contributed by atoms with E-state index in [2.05, 4.69) is 4.98 Å². The van der Waals surface area contributed by atoms with Crippen molar-refractivity contribution in [2.75, 3.05) is 13.2 Å². The number of halogens is 1. The first-order valence-corrected chi connectivity index (χ1v) is 6.23. The highest BCUT2D eigenvalue weighted by Crippen LogP contribution is 2.27. The first-order valence-electron chi connectivity index (χ1n) is 5.85. The van der Waals surface area contributed by atoms with Crippen LogP contribution in [0.15, 0.2) is 42.6 Å². The van der Waals surface area contributed by atoms with Gasteiger partial charge in [-0.2, -0.15) is 0 Å². The number of rotatable bonds is 6. The number of aliphatic hydroxyl groups excluding tert-OH is 1. The lowest BCUT2D eigenvalue weighted by atomic mass is 10.3. The molecule has 0 fully saturated rings. The lowest BCUT2D eigenvalue weighted by Crippen LogP contribution is -2.04. The molecular formula is C14H14ClNO3. The molecule has 0 atom stereocenters. The zero-order valence-corrected chi connectivity index (χ0v) is 11.0. The predicted octanol–water partition coefficient (Wildman–Crippen LogP) is 2.69. The minimum atomic E-state index is -0.0323. The Morgan fingerprint density at radius 3 is 2.42 bits per heavy atom. The second kappa shape index (κ2) is 6.97. The van der Waals surface area contributed by atoms with Gasteiger partial charge < -0.3 is 14.6 Å². The summed E-state index contributed by atoms with van der Waals surface area (Å²) in [6.07, 6.45) is 1.67. The van der Waals surface area contributed by atoms with E-state index < -0.39 is 0 Å². The van der Waals surface area contributed by atoms with E-state index in [1.54, 1.807) is 18.3 Å². The lowest BCUT2D eigenvalue weighted by molar-refractivity contribution is 0.192. The first kappa shape index (κ1) is 13.6. The molecule has 0 aliphatic heterocycles. The van der Waals surface area contributed by atoms with E-state index in [-0.39, 0.29) is 13.2 Å². The maximum Gasteiger partial charge on any atom is 0.161 e. The van der Waals surface area contributed by atoms with E-state index in [1.165, 1.54) is 0 Å². The van der Waals surface area contributed by atoms with Gasteiger partial charge in [0.2, 0.25) is 0 Å². The molecule has 0 spiro atoms. The van der Waals surface area contributed by atoms with Gasteiger partial charge in [0.25, 0.3) is 0 Å². The van der Waals surface area contributed by atoms with Crippen molar-refractivity contribution in [2.45, 2.75) is 6.61 Å². The number of para-hydroxylation sites is 2. The van der Waals surface area contributed by atoms with Gasteiger partial charge in [0, 0.05) is 11.8 Å². The smallest absolute Gasteiger partial charge is 0.161 e. The minimum absolute atomic E-state index is 0.0323. The number of pyridine rings is 1. The molecule has 0 radical (unpaired) electrons. The molecule has 19 heavy (non-hydrogen) atoms. The standard InChI is InChI=1S/C14H14ClNO3/c15-14-6-5-11(9-16-14)10-19-13-4-2-1-3-12(13)18-8-7-17/h1-6,9,17H,7-8,10H2. The van der Waals surface area contributed by atoms with Gasteiger partial charge in [0.1, 0.15) is 18.4 Å². The maximum absolute atomic E-state index is 8.77.